The first-order valence-electron chi connectivity index (χ1n) is 9.05. The third kappa shape index (κ3) is 3.95. The van der Waals surface area contributed by atoms with Gasteiger partial charge in [-0.05, 0) is 31.9 Å². The van der Waals surface area contributed by atoms with Gasteiger partial charge >= 0.3 is 0 Å². The number of fused-ring (bicyclic) bond motifs is 1. The molecule has 1 aliphatic heterocycles. The van der Waals surface area contributed by atoms with E-state index >= 15 is 0 Å². The zero-order chi connectivity index (χ0) is 18.8. The average molecular weight is 386 g/mol. The van der Waals surface area contributed by atoms with Crippen LogP contribution in [0.5, 0.6) is 11.5 Å². The van der Waals surface area contributed by atoms with Crippen LogP contribution in [-0.2, 0) is 11.3 Å². The maximum absolute atomic E-state index is 12.3. The molecule has 1 saturated carbocycles. The second-order valence-corrected chi connectivity index (χ2v) is 7.96. The number of rotatable bonds is 7. The van der Waals surface area contributed by atoms with Gasteiger partial charge in [-0.1, -0.05) is 30.0 Å². The van der Waals surface area contributed by atoms with E-state index in [1.54, 1.807) is 6.08 Å². The maximum Gasteiger partial charge on any atom is 0.233 e. The molecule has 0 saturated heterocycles. The summed E-state index contributed by atoms with van der Waals surface area (Å²) in [4.78, 5) is 12.3. The Bertz CT molecular complexity index is 849. The van der Waals surface area contributed by atoms with E-state index in [1.807, 2.05) is 35.8 Å². The first kappa shape index (κ1) is 17.9. The third-order valence-corrected chi connectivity index (χ3v) is 5.51. The predicted octanol–water partition coefficient (Wildman–Crippen LogP) is 2.74. The Morgan fingerprint density at radius 2 is 2.19 bits per heavy atom. The zero-order valence-electron chi connectivity index (χ0n) is 15.1. The minimum Gasteiger partial charge on any atom is -0.485 e. The monoisotopic (exact) mass is 386 g/mol. The number of thioether (sulfide) groups is 1. The number of amides is 1. The summed E-state index contributed by atoms with van der Waals surface area (Å²) in [5.74, 6) is 2.11. The fraction of sp³-hybridized carbons (Fsp3) is 0.421. The van der Waals surface area contributed by atoms with Gasteiger partial charge in [0.15, 0.2) is 28.6 Å². The summed E-state index contributed by atoms with van der Waals surface area (Å²) in [5.41, 5.74) is 0. The average Bonchev–Trinajstić information content (AvgIpc) is 3.42. The van der Waals surface area contributed by atoms with E-state index in [1.165, 1.54) is 11.8 Å². The third-order valence-electron chi connectivity index (χ3n) is 4.43. The van der Waals surface area contributed by atoms with Crippen LogP contribution in [0.4, 0.5) is 0 Å². The maximum atomic E-state index is 12.3. The first-order chi connectivity index (χ1) is 13.2. The number of hydrogen-bond acceptors (Lipinski definition) is 6. The highest BCUT2D eigenvalue weighted by atomic mass is 32.2. The van der Waals surface area contributed by atoms with Crippen molar-refractivity contribution in [3.8, 4) is 11.5 Å². The van der Waals surface area contributed by atoms with Crippen molar-refractivity contribution in [3.05, 3.63) is 42.7 Å². The lowest BCUT2D eigenvalue weighted by atomic mass is 10.2. The van der Waals surface area contributed by atoms with E-state index in [4.69, 9.17) is 9.47 Å². The Kier molecular flexibility index (Phi) is 5.07. The minimum absolute atomic E-state index is 0.0309. The predicted molar refractivity (Wildman–Crippen MR) is 102 cm³/mol. The molecule has 142 valence electrons. The van der Waals surface area contributed by atoms with Crippen LogP contribution < -0.4 is 14.8 Å². The number of carbonyl (C=O) groups excluding carboxylic acids is 1. The number of aromatic nitrogens is 3. The molecule has 0 radical (unpaired) electrons. The summed E-state index contributed by atoms with van der Waals surface area (Å²) in [6, 6.07) is 7.90. The number of benzene rings is 1. The molecule has 0 bridgehead atoms. The number of nitrogens with one attached hydrogen (secondary N) is 1. The van der Waals surface area contributed by atoms with Crippen molar-refractivity contribution in [1.82, 2.24) is 20.1 Å². The number of ether oxygens (including phenoxy) is 2. The van der Waals surface area contributed by atoms with Gasteiger partial charge in [-0.15, -0.1) is 16.8 Å². The van der Waals surface area contributed by atoms with E-state index in [0.29, 0.717) is 35.9 Å². The van der Waals surface area contributed by atoms with Crippen LogP contribution in [0, 0.1) is 0 Å². The van der Waals surface area contributed by atoms with E-state index < -0.39 is 0 Å². The smallest absolute Gasteiger partial charge is 0.233 e. The summed E-state index contributed by atoms with van der Waals surface area (Å²) in [5, 5.41) is 12.1. The Labute approximate surface area is 162 Å². The fourth-order valence-corrected chi connectivity index (χ4v) is 3.71. The van der Waals surface area contributed by atoms with Crippen molar-refractivity contribution in [2.75, 3.05) is 6.61 Å². The molecular formula is C19H22N4O3S. The van der Waals surface area contributed by atoms with Gasteiger partial charge in [-0.3, -0.25) is 9.36 Å². The summed E-state index contributed by atoms with van der Waals surface area (Å²) >= 11 is 1.39. The van der Waals surface area contributed by atoms with Gasteiger partial charge < -0.3 is 14.8 Å². The molecule has 1 aromatic carbocycles. The van der Waals surface area contributed by atoms with Crippen LogP contribution in [-0.4, -0.2) is 38.6 Å². The normalized spacial score (nSPS) is 19.4. The number of carbonyl (C=O) groups is 1. The van der Waals surface area contributed by atoms with Gasteiger partial charge in [0, 0.05) is 12.6 Å². The quantitative estimate of drug-likeness (QED) is 0.582. The van der Waals surface area contributed by atoms with Gasteiger partial charge in [-0.2, -0.15) is 0 Å². The van der Waals surface area contributed by atoms with Gasteiger partial charge in [0.2, 0.25) is 5.91 Å². The Morgan fingerprint density at radius 3 is 2.93 bits per heavy atom. The lowest BCUT2D eigenvalue weighted by Crippen LogP contribution is -2.32. The fourth-order valence-electron chi connectivity index (χ4n) is 2.83. The van der Waals surface area contributed by atoms with Crippen LogP contribution in [0.25, 0.3) is 0 Å². The van der Waals surface area contributed by atoms with E-state index in [0.717, 1.165) is 18.6 Å². The summed E-state index contributed by atoms with van der Waals surface area (Å²) in [7, 11) is 0. The molecule has 2 aliphatic rings. The Hall–Kier alpha value is -2.48. The summed E-state index contributed by atoms with van der Waals surface area (Å²) in [6.07, 6.45) is 3.56. The Balaban J connectivity index is 1.52. The molecule has 0 unspecified atom stereocenters. The van der Waals surface area contributed by atoms with Crippen LogP contribution in [0.2, 0.25) is 0 Å². The SMILES string of the molecule is C=CCn1c(S[C@@H](C)C(=O)NC2CC2)nnc1[C@H]1COc2ccccc2O1. The largest absolute Gasteiger partial charge is 0.485 e. The first-order valence-corrected chi connectivity index (χ1v) is 9.93. The molecule has 27 heavy (non-hydrogen) atoms. The highest BCUT2D eigenvalue weighted by molar-refractivity contribution is 8.00. The lowest BCUT2D eigenvalue weighted by Gasteiger charge is -2.26. The van der Waals surface area contributed by atoms with Crippen LogP contribution in [0.3, 0.4) is 0 Å². The van der Waals surface area contributed by atoms with Crippen molar-refractivity contribution in [2.24, 2.45) is 0 Å². The molecule has 2 aromatic rings. The van der Waals surface area contributed by atoms with Crippen molar-refractivity contribution >= 4 is 17.7 Å². The molecule has 2 heterocycles. The van der Waals surface area contributed by atoms with Crippen molar-refractivity contribution < 1.29 is 14.3 Å². The minimum atomic E-state index is -0.364. The van der Waals surface area contributed by atoms with Gasteiger partial charge in [0.1, 0.15) is 6.61 Å². The standard InChI is InChI=1S/C19H22N4O3S/c1-3-10-23-17(16-11-25-14-6-4-5-7-15(14)26-16)21-22-19(23)27-12(2)18(24)20-13-8-9-13/h3-7,12-13,16H,1,8-11H2,2H3,(H,20,24)/t12-,16+/m0/s1. The van der Waals surface area contributed by atoms with E-state index in [2.05, 4.69) is 22.1 Å². The lowest BCUT2D eigenvalue weighted by molar-refractivity contribution is -0.120. The topological polar surface area (TPSA) is 78.3 Å². The number of allylic oxidation sites excluding steroid dienone is 1. The number of nitrogens with zero attached hydrogens (tertiary/aromatic N) is 3. The molecular weight excluding hydrogens is 364 g/mol. The second kappa shape index (κ2) is 7.64. The molecule has 2 atom stereocenters. The molecule has 1 fully saturated rings. The molecule has 1 aliphatic carbocycles. The van der Waals surface area contributed by atoms with Crippen LogP contribution in [0.15, 0.2) is 42.1 Å². The van der Waals surface area contributed by atoms with Crippen molar-refractivity contribution in [1.29, 1.82) is 0 Å². The second-order valence-electron chi connectivity index (χ2n) is 6.65. The number of para-hydroxylation sites is 2. The molecule has 0 spiro atoms. The van der Waals surface area contributed by atoms with Crippen LogP contribution >= 0.6 is 11.8 Å². The summed E-state index contributed by atoms with van der Waals surface area (Å²) in [6.45, 7) is 6.59. The van der Waals surface area contributed by atoms with Gasteiger partial charge in [0.25, 0.3) is 0 Å². The summed E-state index contributed by atoms with van der Waals surface area (Å²) < 4.78 is 13.8. The van der Waals surface area contributed by atoms with Crippen molar-refractivity contribution in [3.63, 3.8) is 0 Å². The molecule has 1 aromatic heterocycles. The van der Waals surface area contributed by atoms with Gasteiger partial charge in [0.05, 0.1) is 5.25 Å². The molecule has 4 rings (SSSR count). The van der Waals surface area contributed by atoms with Crippen LogP contribution in [0.1, 0.15) is 31.7 Å². The molecule has 7 nitrogen and oxygen atoms in total. The van der Waals surface area contributed by atoms with Crippen molar-refractivity contribution in [2.45, 2.75) is 48.9 Å². The Morgan fingerprint density at radius 1 is 1.41 bits per heavy atom. The molecule has 8 heteroatoms. The zero-order valence-corrected chi connectivity index (χ0v) is 15.9. The number of hydrogen-bond donors (Lipinski definition) is 1. The van der Waals surface area contributed by atoms with E-state index in [9.17, 15) is 4.79 Å². The molecule has 1 N–H and O–H groups in total. The molecule has 1 amide bonds. The van der Waals surface area contributed by atoms with Gasteiger partial charge in [-0.25, -0.2) is 0 Å². The highest BCUT2D eigenvalue weighted by Gasteiger charge is 2.30. The van der Waals surface area contributed by atoms with E-state index in [-0.39, 0.29) is 17.3 Å². The highest BCUT2D eigenvalue weighted by Crippen LogP contribution is 2.36.